The van der Waals surface area contributed by atoms with E-state index in [-0.39, 0.29) is 24.5 Å². The Morgan fingerprint density at radius 1 is 1.03 bits per heavy atom. The highest BCUT2D eigenvalue weighted by Crippen LogP contribution is 2.29. The SMILES string of the molecule is O=C(Nc1c(F)cccc1F)N1CCN(c2ccc(-c3noc(C(F)(F)F)n3)cn2)CC1. The average molecular weight is 454 g/mol. The number of aromatic nitrogens is 3. The van der Waals surface area contributed by atoms with Crippen LogP contribution in [-0.4, -0.2) is 52.2 Å². The molecule has 0 bridgehead atoms. The summed E-state index contributed by atoms with van der Waals surface area (Å²) < 4.78 is 69.4. The van der Waals surface area contributed by atoms with Crippen molar-refractivity contribution < 1.29 is 31.3 Å². The van der Waals surface area contributed by atoms with Crippen LogP contribution in [0.25, 0.3) is 11.4 Å². The summed E-state index contributed by atoms with van der Waals surface area (Å²) in [4.78, 5) is 23.1. The Kier molecular flexibility index (Phi) is 5.63. The fourth-order valence-electron chi connectivity index (χ4n) is 3.10. The van der Waals surface area contributed by atoms with Crippen molar-refractivity contribution in [3.63, 3.8) is 0 Å². The van der Waals surface area contributed by atoms with Crippen LogP contribution in [0.5, 0.6) is 0 Å². The van der Waals surface area contributed by atoms with Crippen LogP contribution in [0.2, 0.25) is 0 Å². The van der Waals surface area contributed by atoms with Gasteiger partial charge in [-0.2, -0.15) is 18.2 Å². The minimum absolute atomic E-state index is 0.238. The van der Waals surface area contributed by atoms with Crippen LogP contribution in [0, 0.1) is 11.6 Å². The number of carbonyl (C=O) groups excluding carboxylic acids is 1. The molecule has 1 aromatic carbocycles. The molecular formula is C19H15F5N6O2. The summed E-state index contributed by atoms with van der Waals surface area (Å²) in [6, 6.07) is 5.76. The first-order valence-electron chi connectivity index (χ1n) is 9.34. The van der Waals surface area contributed by atoms with Crippen LogP contribution in [0.15, 0.2) is 41.1 Å². The van der Waals surface area contributed by atoms with Gasteiger partial charge in [-0.25, -0.2) is 18.6 Å². The number of hydrogen-bond acceptors (Lipinski definition) is 6. The molecule has 0 radical (unpaired) electrons. The second-order valence-electron chi connectivity index (χ2n) is 6.83. The molecule has 2 aromatic heterocycles. The molecule has 13 heteroatoms. The summed E-state index contributed by atoms with van der Waals surface area (Å²) in [7, 11) is 0. The van der Waals surface area contributed by atoms with Gasteiger partial charge in [0.25, 0.3) is 0 Å². The highest BCUT2D eigenvalue weighted by Gasteiger charge is 2.38. The smallest absolute Gasteiger partial charge is 0.353 e. The van der Waals surface area contributed by atoms with Crippen molar-refractivity contribution in [1.82, 2.24) is 20.0 Å². The van der Waals surface area contributed by atoms with E-state index in [0.29, 0.717) is 18.9 Å². The summed E-state index contributed by atoms with van der Waals surface area (Å²) in [6.45, 7) is 1.32. The van der Waals surface area contributed by atoms with Gasteiger partial charge in [-0.05, 0) is 24.3 Å². The number of urea groups is 1. The summed E-state index contributed by atoms with van der Waals surface area (Å²) >= 11 is 0. The number of rotatable bonds is 3. The van der Waals surface area contributed by atoms with Crippen molar-refractivity contribution in [2.75, 3.05) is 36.4 Å². The third kappa shape index (κ3) is 4.45. The number of nitrogens with one attached hydrogen (secondary N) is 1. The van der Waals surface area contributed by atoms with Crippen LogP contribution >= 0.6 is 0 Å². The molecule has 0 spiro atoms. The zero-order valence-electron chi connectivity index (χ0n) is 16.2. The molecule has 3 heterocycles. The van der Waals surface area contributed by atoms with Gasteiger partial charge in [-0.3, -0.25) is 0 Å². The fourth-order valence-corrected chi connectivity index (χ4v) is 3.10. The molecular weight excluding hydrogens is 439 g/mol. The Morgan fingerprint density at radius 2 is 1.72 bits per heavy atom. The zero-order valence-corrected chi connectivity index (χ0v) is 16.2. The number of amides is 2. The van der Waals surface area contributed by atoms with Crippen molar-refractivity contribution in [3.8, 4) is 11.4 Å². The summed E-state index contributed by atoms with van der Waals surface area (Å²) in [5.41, 5.74) is -0.259. The minimum Gasteiger partial charge on any atom is -0.353 e. The number of hydrogen-bond donors (Lipinski definition) is 1. The quantitative estimate of drug-likeness (QED) is 0.607. The Morgan fingerprint density at radius 3 is 2.28 bits per heavy atom. The number of alkyl halides is 3. The van der Waals surface area contributed by atoms with Gasteiger partial charge >= 0.3 is 18.1 Å². The average Bonchev–Trinajstić information content (AvgIpc) is 3.28. The maximum atomic E-state index is 13.7. The predicted octanol–water partition coefficient (Wildman–Crippen LogP) is 3.78. The third-order valence-electron chi connectivity index (χ3n) is 4.76. The lowest BCUT2D eigenvalue weighted by Crippen LogP contribution is -2.50. The van der Waals surface area contributed by atoms with E-state index in [2.05, 4.69) is 25.0 Å². The lowest BCUT2D eigenvalue weighted by atomic mass is 10.2. The first-order valence-corrected chi connectivity index (χ1v) is 9.34. The number of pyridine rings is 1. The molecule has 1 fully saturated rings. The van der Waals surface area contributed by atoms with Gasteiger partial charge in [0, 0.05) is 37.9 Å². The first-order chi connectivity index (χ1) is 15.2. The topological polar surface area (TPSA) is 87.4 Å². The summed E-state index contributed by atoms with van der Waals surface area (Å²) in [5, 5.41) is 5.55. The second-order valence-corrected chi connectivity index (χ2v) is 6.83. The molecule has 3 aromatic rings. The Hall–Kier alpha value is -3.77. The van der Waals surface area contributed by atoms with Gasteiger partial charge in [-0.15, -0.1) is 0 Å². The van der Waals surface area contributed by atoms with E-state index in [4.69, 9.17) is 0 Å². The van der Waals surface area contributed by atoms with E-state index >= 15 is 0 Å². The molecule has 0 unspecified atom stereocenters. The van der Waals surface area contributed by atoms with Gasteiger partial charge in [0.05, 0.1) is 0 Å². The molecule has 1 saturated heterocycles. The Balaban J connectivity index is 1.36. The number of anilines is 2. The highest BCUT2D eigenvalue weighted by molar-refractivity contribution is 5.89. The molecule has 0 aliphatic carbocycles. The van der Waals surface area contributed by atoms with E-state index in [9.17, 15) is 26.7 Å². The monoisotopic (exact) mass is 454 g/mol. The van der Waals surface area contributed by atoms with Crippen molar-refractivity contribution in [1.29, 1.82) is 0 Å². The van der Waals surface area contributed by atoms with Crippen LogP contribution in [0.3, 0.4) is 0 Å². The van der Waals surface area contributed by atoms with Crippen molar-refractivity contribution in [2.45, 2.75) is 6.18 Å². The predicted molar refractivity (Wildman–Crippen MR) is 102 cm³/mol. The van der Waals surface area contributed by atoms with Crippen LogP contribution in [0.1, 0.15) is 5.89 Å². The number of carbonyl (C=O) groups is 1. The van der Waals surface area contributed by atoms with Gasteiger partial charge in [0.2, 0.25) is 5.82 Å². The molecule has 8 nitrogen and oxygen atoms in total. The molecule has 1 aliphatic rings. The fraction of sp³-hybridized carbons (Fsp3) is 0.263. The molecule has 0 saturated carbocycles. The van der Waals surface area contributed by atoms with E-state index in [0.717, 1.165) is 12.1 Å². The number of para-hydroxylation sites is 1. The molecule has 32 heavy (non-hydrogen) atoms. The first kappa shape index (κ1) is 21.5. The lowest BCUT2D eigenvalue weighted by Gasteiger charge is -2.35. The molecule has 4 rings (SSSR count). The highest BCUT2D eigenvalue weighted by atomic mass is 19.4. The third-order valence-corrected chi connectivity index (χ3v) is 4.76. The van der Waals surface area contributed by atoms with Crippen LogP contribution in [-0.2, 0) is 6.18 Å². The van der Waals surface area contributed by atoms with E-state index in [1.807, 2.05) is 4.90 Å². The zero-order chi connectivity index (χ0) is 22.9. The molecule has 1 aliphatic heterocycles. The van der Waals surface area contributed by atoms with Gasteiger partial charge in [0.1, 0.15) is 23.1 Å². The normalized spacial score (nSPS) is 14.5. The standard InChI is InChI=1S/C19H15F5N6O2/c20-12-2-1-3-13(21)15(12)26-18(31)30-8-6-29(7-9-30)14-5-4-11(10-25-14)16-27-17(32-28-16)19(22,23)24/h1-5,10H,6-9H2,(H,26,31). The van der Waals surface area contributed by atoms with Crippen molar-refractivity contribution in [2.24, 2.45) is 0 Å². The Labute approximate surface area is 177 Å². The Bertz CT molecular complexity index is 1090. The van der Waals surface area contributed by atoms with Gasteiger partial charge < -0.3 is 19.6 Å². The molecule has 168 valence electrons. The van der Waals surface area contributed by atoms with Crippen LogP contribution < -0.4 is 10.2 Å². The summed E-state index contributed by atoms with van der Waals surface area (Å²) in [5.74, 6) is -2.89. The number of halogens is 5. The number of benzene rings is 1. The van der Waals surface area contributed by atoms with E-state index < -0.39 is 35.4 Å². The maximum absolute atomic E-state index is 13.7. The molecule has 0 atom stereocenters. The van der Waals surface area contributed by atoms with E-state index in [1.165, 1.54) is 23.2 Å². The second kappa shape index (κ2) is 8.40. The van der Waals surface area contributed by atoms with Gasteiger partial charge in [0.15, 0.2) is 0 Å². The van der Waals surface area contributed by atoms with E-state index in [1.54, 1.807) is 6.07 Å². The largest absolute Gasteiger partial charge is 0.471 e. The van der Waals surface area contributed by atoms with Gasteiger partial charge in [-0.1, -0.05) is 11.2 Å². The number of nitrogens with zero attached hydrogens (tertiary/aromatic N) is 5. The molecule has 1 N–H and O–H groups in total. The lowest BCUT2D eigenvalue weighted by molar-refractivity contribution is -0.159. The summed E-state index contributed by atoms with van der Waals surface area (Å²) in [6.07, 6.45) is -3.41. The minimum atomic E-state index is -4.73. The van der Waals surface area contributed by atoms with Crippen molar-refractivity contribution >= 4 is 17.5 Å². The maximum Gasteiger partial charge on any atom is 0.471 e. The number of piperazine rings is 1. The van der Waals surface area contributed by atoms with Crippen LogP contribution in [0.4, 0.5) is 38.3 Å². The molecule has 2 amide bonds. The van der Waals surface area contributed by atoms with Crippen molar-refractivity contribution in [3.05, 3.63) is 54.1 Å².